The molecule has 88 valence electrons. The molecule has 5 heteroatoms. The van der Waals surface area contributed by atoms with Gasteiger partial charge in [0, 0.05) is 5.41 Å². The number of alkyl halides is 2. The Kier molecular flexibility index (Phi) is 4.17. The van der Waals surface area contributed by atoms with Crippen LogP contribution in [0.2, 0.25) is 0 Å². The maximum Gasteiger partial charge on any atom is 0.322 e. The first-order valence-corrected chi connectivity index (χ1v) is 5.97. The summed E-state index contributed by atoms with van der Waals surface area (Å²) in [5, 5.41) is 9.19. The van der Waals surface area contributed by atoms with Crippen LogP contribution in [0, 0.1) is 5.41 Å². The summed E-state index contributed by atoms with van der Waals surface area (Å²) in [4.78, 5) is 11.2. The largest absolute Gasteiger partial charge is 0.480 e. The van der Waals surface area contributed by atoms with Gasteiger partial charge in [-0.3, -0.25) is 4.79 Å². The number of carboxylic acid groups (broad SMARTS) is 1. The summed E-state index contributed by atoms with van der Waals surface area (Å²) in [6.07, 6.45) is 1.97. The summed E-state index contributed by atoms with van der Waals surface area (Å²) < 4.78 is -1.39. The molecule has 0 heterocycles. The third kappa shape index (κ3) is 1.69. The molecule has 1 aliphatic carbocycles. The number of rotatable bonds is 2. The highest BCUT2D eigenvalue weighted by Gasteiger charge is 2.84. The molecule has 2 nitrogen and oxygen atoms in total. The monoisotopic (exact) mass is 360 g/mol. The molecule has 0 aliphatic heterocycles. The number of allylic oxidation sites excluding steroid dienone is 2. The third-order valence-electron chi connectivity index (χ3n) is 2.99. The van der Waals surface area contributed by atoms with E-state index in [9.17, 15) is 9.90 Å². The second kappa shape index (κ2) is 4.04. The van der Waals surface area contributed by atoms with E-state index in [0.29, 0.717) is 0 Å². The molecule has 1 N–H and O–H groups in total. The van der Waals surface area contributed by atoms with E-state index in [0.717, 1.165) is 5.57 Å². The Morgan fingerprint density at radius 1 is 1.27 bits per heavy atom. The maximum absolute atomic E-state index is 11.2. The molecule has 0 radical (unpaired) electrons. The molecule has 0 aromatic heterocycles. The van der Waals surface area contributed by atoms with Crippen molar-refractivity contribution < 1.29 is 9.90 Å². The van der Waals surface area contributed by atoms with E-state index in [1.54, 1.807) is 0 Å². The number of hydrogen-bond donors (Lipinski definition) is 1. The van der Waals surface area contributed by atoms with E-state index in [-0.39, 0.29) is 17.8 Å². The van der Waals surface area contributed by atoms with Gasteiger partial charge < -0.3 is 5.11 Å². The smallest absolute Gasteiger partial charge is 0.322 e. The predicted octanol–water partition coefficient (Wildman–Crippen LogP) is 3.77. The first-order valence-electron chi connectivity index (χ1n) is 4.38. The van der Waals surface area contributed by atoms with Crippen molar-refractivity contribution in [1.82, 2.24) is 0 Å². The van der Waals surface area contributed by atoms with Gasteiger partial charge in [0.05, 0.1) is 4.32 Å². The number of aliphatic carboxylic acids is 1. The lowest BCUT2D eigenvalue weighted by Gasteiger charge is -2.07. The molecule has 2 atom stereocenters. The first-order chi connectivity index (χ1) is 6.11. The molecule has 1 aliphatic rings. The SMILES string of the molecule is CC(C)=CC1(Br)C(C)(C)C1(Br)C(=O)O.Cl. The maximum atomic E-state index is 11.2. The molecule has 0 amide bonds. The first kappa shape index (κ1) is 15.5. The van der Waals surface area contributed by atoms with Gasteiger partial charge in [-0.15, -0.1) is 12.4 Å². The Balaban J connectivity index is 0.00000196. The highest BCUT2D eigenvalue weighted by molar-refractivity contribution is 9.13. The molecule has 1 rings (SSSR count). The third-order valence-corrected chi connectivity index (χ3v) is 7.29. The molecule has 0 bridgehead atoms. The minimum Gasteiger partial charge on any atom is -0.480 e. The Hall–Kier alpha value is 0.460. The van der Waals surface area contributed by atoms with Crippen LogP contribution in [-0.2, 0) is 4.79 Å². The van der Waals surface area contributed by atoms with Crippen LogP contribution >= 0.6 is 44.3 Å². The minimum absolute atomic E-state index is 0. The summed E-state index contributed by atoms with van der Waals surface area (Å²) in [6, 6.07) is 0. The van der Waals surface area contributed by atoms with Crippen molar-refractivity contribution in [2.75, 3.05) is 0 Å². The van der Waals surface area contributed by atoms with E-state index >= 15 is 0 Å². The standard InChI is InChI=1S/C10H14Br2O2.ClH/c1-6(2)5-9(11)8(3,4)10(9,12)7(13)14;/h5H,1-4H3,(H,13,14);1H. The molecule has 0 saturated heterocycles. The van der Waals surface area contributed by atoms with Gasteiger partial charge in [0.1, 0.15) is 4.32 Å². The molecule has 1 saturated carbocycles. The van der Waals surface area contributed by atoms with Gasteiger partial charge in [-0.1, -0.05) is 57.4 Å². The van der Waals surface area contributed by atoms with Crippen LogP contribution in [0.4, 0.5) is 0 Å². The van der Waals surface area contributed by atoms with Crippen molar-refractivity contribution in [3.05, 3.63) is 11.6 Å². The van der Waals surface area contributed by atoms with E-state index < -0.39 is 14.6 Å². The van der Waals surface area contributed by atoms with Crippen LogP contribution in [0.5, 0.6) is 0 Å². The lowest BCUT2D eigenvalue weighted by molar-refractivity contribution is -0.137. The predicted molar refractivity (Wildman–Crippen MR) is 71.4 cm³/mol. The molecule has 15 heavy (non-hydrogen) atoms. The lowest BCUT2D eigenvalue weighted by atomic mass is 10.1. The zero-order chi connectivity index (χ0) is 11.4. The zero-order valence-electron chi connectivity index (χ0n) is 9.10. The quantitative estimate of drug-likeness (QED) is 0.600. The Labute approximate surface area is 113 Å². The van der Waals surface area contributed by atoms with Gasteiger partial charge in [0.25, 0.3) is 0 Å². The summed E-state index contributed by atoms with van der Waals surface area (Å²) in [5.74, 6) is -0.822. The fraction of sp³-hybridized carbons (Fsp3) is 0.700. The van der Waals surface area contributed by atoms with Crippen LogP contribution in [0.1, 0.15) is 27.7 Å². The van der Waals surface area contributed by atoms with Crippen LogP contribution in [0.3, 0.4) is 0 Å². The highest BCUT2D eigenvalue weighted by atomic mass is 79.9. The molecule has 1 fully saturated rings. The average molecular weight is 362 g/mol. The summed E-state index contributed by atoms with van der Waals surface area (Å²) in [6.45, 7) is 7.80. The summed E-state index contributed by atoms with van der Waals surface area (Å²) >= 11 is 6.87. The van der Waals surface area contributed by atoms with E-state index in [4.69, 9.17) is 0 Å². The normalized spacial score (nSPS) is 36.4. The fourth-order valence-corrected chi connectivity index (χ4v) is 4.31. The number of carboxylic acids is 1. The second-order valence-corrected chi connectivity index (χ2v) is 6.96. The van der Waals surface area contributed by atoms with Crippen LogP contribution in [0.15, 0.2) is 11.6 Å². The average Bonchev–Trinajstić information content (AvgIpc) is 2.30. The molecule has 0 spiro atoms. The Morgan fingerprint density at radius 3 is 1.87 bits per heavy atom. The summed E-state index contributed by atoms with van der Waals surface area (Å²) in [7, 11) is 0. The van der Waals surface area contributed by atoms with Crippen LogP contribution < -0.4 is 0 Å². The van der Waals surface area contributed by atoms with Crippen LogP contribution in [-0.4, -0.2) is 19.7 Å². The topological polar surface area (TPSA) is 37.3 Å². The molecule has 2 unspecified atom stereocenters. The lowest BCUT2D eigenvalue weighted by Crippen LogP contribution is -2.23. The van der Waals surface area contributed by atoms with Gasteiger partial charge >= 0.3 is 5.97 Å². The van der Waals surface area contributed by atoms with Crippen molar-refractivity contribution in [2.45, 2.75) is 36.3 Å². The van der Waals surface area contributed by atoms with Crippen molar-refractivity contribution >= 4 is 50.2 Å². The van der Waals surface area contributed by atoms with Crippen molar-refractivity contribution in [1.29, 1.82) is 0 Å². The van der Waals surface area contributed by atoms with Crippen LogP contribution in [0.25, 0.3) is 0 Å². The Morgan fingerprint density at radius 2 is 1.67 bits per heavy atom. The van der Waals surface area contributed by atoms with Gasteiger partial charge in [-0.2, -0.15) is 0 Å². The fourth-order valence-electron chi connectivity index (χ4n) is 1.90. The van der Waals surface area contributed by atoms with Gasteiger partial charge in [0.15, 0.2) is 0 Å². The van der Waals surface area contributed by atoms with Gasteiger partial charge in [-0.05, 0) is 13.8 Å². The van der Waals surface area contributed by atoms with E-state index in [1.165, 1.54) is 0 Å². The highest BCUT2D eigenvalue weighted by Crippen LogP contribution is 2.75. The zero-order valence-corrected chi connectivity index (χ0v) is 13.1. The second-order valence-electron chi connectivity index (χ2n) is 4.52. The minimum atomic E-state index is -0.899. The van der Waals surface area contributed by atoms with Crippen molar-refractivity contribution in [3.63, 3.8) is 0 Å². The number of halogens is 3. The Bertz CT molecular complexity index is 323. The van der Waals surface area contributed by atoms with E-state index in [2.05, 4.69) is 31.9 Å². The molecule has 0 aromatic rings. The molecular weight excluding hydrogens is 347 g/mol. The summed E-state index contributed by atoms with van der Waals surface area (Å²) in [5.41, 5.74) is 0.779. The van der Waals surface area contributed by atoms with E-state index in [1.807, 2.05) is 33.8 Å². The molecular formula is C10H15Br2ClO2. The number of carbonyl (C=O) groups is 1. The van der Waals surface area contributed by atoms with Crippen molar-refractivity contribution in [2.24, 2.45) is 5.41 Å². The molecule has 0 aromatic carbocycles. The van der Waals surface area contributed by atoms with Crippen molar-refractivity contribution in [3.8, 4) is 0 Å². The number of hydrogen-bond acceptors (Lipinski definition) is 1. The van der Waals surface area contributed by atoms with Gasteiger partial charge in [0.2, 0.25) is 0 Å². The van der Waals surface area contributed by atoms with Gasteiger partial charge in [-0.25, -0.2) is 0 Å².